The number of hydrogen-bond donors (Lipinski definition) is 0. The quantitative estimate of drug-likeness (QED) is 0.513. The van der Waals surface area contributed by atoms with Crippen LogP contribution in [-0.4, -0.2) is 26.9 Å². The van der Waals surface area contributed by atoms with Gasteiger partial charge in [-0.3, -0.25) is 0 Å². The van der Waals surface area contributed by atoms with E-state index < -0.39 is 50.4 Å². The van der Waals surface area contributed by atoms with E-state index in [0.29, 0.717) is 12.8 Å². The lowest BCUT2D eigenvalue weighted by Gasteiger charge is -2.58. The molecular weight excluding hydrogens is 399 g/mol. The molecule has 154 valence electrons. The van der Waals surface area contributed by atoms with Gasteiger partial charge in [0.15, 0.2) is 5.41 Å². The van der Waals surface area contributed by atoms with E-state index in [-0.39, 0.29) is 0 Å². The van der Waals surface area contributed by atoms with Crippen molar-refractivity contribution < 1.29 is 22.0 Å². The summed E-state index contributed by atoms with van der Waals surface area (Å²) in [7, 11) is 0. The summed E-state index contributed by atoms with van der Waals surface area (Å²) in [5, 5.41) is 17.2. The first-order valence-electron chi connectivity index (χ1n) is 8.87. The van der Waals surface area contributed by atoms with Gasteiger partial charge >= 0.3 is 6.18 Å². The number of hydrogen-bond acceptors (Lipinski definition) is 4. The van der Waals surface area contributed by atoms with E-state index in [1.165, 1.54) is 10.8 Å². The van der Waals surface area contributed by atoms with E-state index in [9.17, 15) is 27.2 Å². The molecular formula is C18H21F5N4S. The van der Waals surface area contributed by atoms with E-state index in [2.05, 4.69) is 10.3 Å². The highest BCUT2D eigenvalue weighted by atomic mass is 32.2. The number of thioether (sulfide) groups is 1. The first-order valence-corrected chi connectivity index (χ1v) is 9.85. The van der Waals surface area contributed by atoms with Gasteiger partial charge in [-0.25, -0.2) is 4.68 Å². The highest BCUT2D eigenvalue weighted by molar-refractivity contribution is 8.00. The van der Waals surface area contributed by atoms with Gasteiger partial charge in [0.1, 0.15) is 4.87 Å². The van der Waals surface area contributed by atoms with Gasteiger partial charge in [-0.15, -0.1) is 16.9 Å². The Labute approximate surface area is 164 Å². The number of allylic oxidation sites excluding steroid dienone is 1. The Morgan fingerprint density at radius 1 is 1.18 bits per heavy atom. The summed E-state index contributed by atoms with van der Waals surface area (Å²) in [6.45, 7) is 7.64. The molecule has 1 spiro atoms. The van der Waals surface area contributed by atoms with Crippen molar-refractivity contribution in [3.63, 3.8) is 0 Å². The van der Waals surface area contributed by atoms with Crippen molar-refractivity contribution in [2.24, 2.45) is 16.2 Å². The molecule has 0 saturated heterocycles. The SMILES string of the molecule is CC1(C)CCCC(C)(C)C12SCC(C#N)(C(F)(F)F)C(=C(F)F)c1cnnn12. The van der Waals surface area contributed by atoms with E-state index >= 15 is 0 Å². The number of fused-ring (bicyclic) bond motifs is 2. The number of nitriles is 1. The average molecular weight is 420 g/mol. The molecule has 1 aromatic heterocycles. The Balaban J connectivity index is 2.43. The van der Waals surface area contributed by atoms with Crippen LogP contribution in [0, 0.1) is 27.6 Å². The Bertz CT molecular complexity index is 844. The predicted octanol–water partition coefficient (Wildman–Crippen LogP) is 5.59. The average Bonchev–Trinajstić information content (AvgIpc) is 2.94. The Morgan fingerprint density at radius 3 is 2.21 bits per heavy atom. The summed E-state index contributed by atoms with van der Waals surface area (Å²) in [6.07, 6.45) is -4.57. The van der Waals surface area contributed by atoms with E-state index in [0.717, 1.165) is 24.4 Å². The van der Waals surface area contributed by atoms with E-state index in [1.54, 1.807) is 0 Å². The molecule has 3 rings (SSSR count). The van der Waals surface area contributed by atoms with Crippen LogP contribution in [0.1, 0.15) is 52.7 Å². The van der Waals surface area contributed by atoms with Gasteiger partial charge < -0.3 is 0 Å². The molecule has 1 fully saturated rings. The maximum absolute atomic E-state index is 14.1. The number of halogens is 5. The van der Waals surface area contributed by atoms with Crippen LogP contribution in [0.25, 0.3) is 5.57 Å². The van der Waals surface area contributed by atoms with Gasteiger partial charge in [0.2, 0.25) is 0 Å². The minimum absolute atomic E-state index is 0.438. The highest BCUT2D eigenvalue weighted by Crippen LogP contribution is 2.68. The second-order valence-electron chi connectivity index (χ2n) is 8.74. The van der Waals surface area contributed by atoms with Crippen LogP contribution in [0.5, 0.6) is 0 Å². The molecule has 4 nitrogen and oxygen atoms in total. The third-order valence-electron chi connectivity index (χ3n) is 6.33. The summed E-state index contributed by atoms with van der Waals surface area (Å²) >= 11 is 0.899. The monoisotopic (exact) mass is 420 g/mol. The molecule has 0 radical (unpaired) electrons. The number of nitrogens with zero attached hydrogens (tertiary/aromatic N) is 4. The van der Waals surface area contributed by atoms with Gasteiger partial charge in [0.05, 0.1) is 23.5 Å². The number of rotatable bonds is 0. The van der Waals surface area contributed by atoms with Crippen molar-refractivity contribution in [2.75, 3.05) is 5.75 Å². The lowest BCUT2D eigenvalue weighted by Crippen LogP contribution is -2.57. The number of aromatic nitrogens is 3. The molecule has 1 unspecified atom stereocenters. The molecule has 2 aliphatic rings. The second kappa shape index (κ2) is 6.18. The van der Waals surface area contributed by atoms with E-state index in [1.807, 2.05) is 27.7 Å². The van der Waals surface area contributed by atoms with Gasteiger partial charge in [-0.05, 0) is 23.7 Å². The fraction of sp³-hybridized carbons (Fsp3) is 0.722. The van der Waals surface area contributed by atoms with Crippen molar-refractivity contribution in [1.82, 2.24) is 15.0 Å². The zero-order valence-corrected chi connectivity index (χ0v) is 16.8. The Kier molecular flexibility index (Phi) is 4.66. The van der Waals surface area contributed by atoms with Crippen molar-refractivity contribution >= 4 is 17.3 Å². The summed E-state index contributed by atoms with van der Waals surface area (Å²) < 4.78 is 71.4. The minimum atomic E-state index is -5.18. The van der Waals surface area contributed by atoms with Gasteiger partial charge in [0, 0.05) is 5.75 Å². The fourth-order valence-electron chi connectivity index (χ4n) is 5.03. The molecule has 10 heteroatoms. The first kappa shape index (κ1) is 21.1. The molecule has 0 bridgehead atoms. The third kappa shape index (κ3) is 2.47. The zero-order chi connectivity index (χ0) is 21.2. The van der Waals surface area contributed by atoms with Gasteiger partial charge in [-0.1, -0.05) is 39.3 Å². The van der Waals surface area contributed by atoms with Crippen molar-refractivity contribution in [1.29, 1.82) is 5.26 Å². The van der Waals surface area contributed by atoms with Crippen LogP contribution >= 0.6 is 11.8 Å². The highest BCUT2D eigenvalue weighted by Gasteiger charge is 2.68. The van der Waals surface area contributed by atoms with Crippen LogP contribution in [-0.2, 0) is 4.87 Å². The van der Waals surface area contributed by atoms with Crippen LogP contribution in [0.2, 0.25) is 0 Å². The third-order valence-corrected chi connectivity index (χ3v) is 8.60. The summed E-state index contributed by atoms with van der Waals surface area (Å²) in [5.74, 6) is -0.837. The standard InChI is InChI=1S/C18H21F5N4S/c1-14(2)6-5-7-15(3,4)17(14)27-11(8-25-26-27)12(13(19)20)16(9-24,10-28-17)18(21,22)23/h8H,5-7,10H2,1-4H3. The maximum Gasteiger partial charge on any atom is 0.412 e. The normalized spacial score (nSPS) is 28.4. The lowest BCUT2D eigenvalue weighted by molar-refractivity contribution is -0.176. The van der Waals surface area contributed by atoms with Crippen molar-refractivity contribution in [3.05, 3.63) is 18.0 Å². The molecule has 0 N–H and O–H groups in total. The van der Waals surface area contributed by atoms with E-state index in [4.69, 9.17) is 0 Å². The van der Waals surface area contributed by atoms with Crippen molar-refractivity contribution in [3.8, 4) is 6.07 Å². The van der Waals surface area contributed by atoms with Crippen LogP contribution in [0.3, 0.4) is 0 Å². The minimum Gasteiger partial charge on any atom is -0.228 e. The fourth-order valence-corrected chi connectivity index (χ4v) is 7.07. The molecule has 1 aliphatic carbocycles. The zero-order valence-electron chi connectivity index (χ0n) is 16.0. The smallest absolute Gasteiger partial charge is 0.228 e. The van der Waals surface area contributed by atoms with Crippen LogP contribution in [0.4, 0.5) is 22.0 Å². The van der Waals surface area contributed by atoms with Gasteiger partial charge in [0.25, 0.3) is 6.08 Å². The van der Waals surface area contributed by atoms with Crippen LogP contribution in [0.15, 0.2) is 12.3 Å². The molecule has 2 heterocycles. The summed E-state index contributed by atoms with van der Waals surface area (Å²) in [4.78, 5) is -1.07. The predicted molar refractivity (Wildman–Crippen MR) is 95.1 cm³/mol. The summed E-state index contributed by atoms with van der Waals surface area (Å²) in [5.41, 5.74) is -6.27. The van der Waals surface area contributed by atoms with Crippen molar-refractivity contribution in [2.45, 2.75) is 58.0 Å². The molecule has 1 saturated carbocycles. The second-order valence-corrected chi connectivity index (χ2v) is 9.90. The molecule has 1 aliphatic heterocycles. The largest absolute Gasteiger partial charge is 0.412 e. The Morgan fingerprint density at radius 2 is 1.75 bits per heavy atom. The maximum atomic E-state index is 14.1. The van der Waals surface area contributed by atoms with Gasteiger partial charge in [-0.2, -0.15) is 27.2 Å². The summed E-state index contributed by atoms with van der Waals surface area (Å²) in [6, 6.07) is 1.18. The van der Waals surface area contributed by atoms with Crippen LogP contribution < -0.4 is 0 Å². The first-order chi connectivity index (χ1) is 12.8. The number of alkyl halides is 3. The lowest BCUT2D eigenvalue weighted by atomic mass is 9.60. The molecule has 1 aromatic rings. The molecule has 1 atom stereocenters. The molecule has 0 amide bonds. The topological polar surface area (TPSA) is 54.5 Å². The molecule has 0 aromatic carbocycles. The molecule has 28 heavy (non-hydrogen) atoms. The Hall–Kier alpha value is -1.63.